The molecule has 0 aliphatic heterocycles. The molecule has 2 aromatic rings. The van der Waals surface area contributed by atoms with E-state index < -0.39 is 6.10 Å². The number of methoxy groups -OCH3 is 1. The summed E-state index contributed by atoms with van der Waals surface area (Å²) in [7, 11) is 1.67. The van der Waals surface area contributed by atoms with Crippen LogP contribution in [0.3, 0.4) is 0 Å². The van der Waals surface area contributed by atoms with Gasteiger partial charge in [0.15, 0.2) is 0 Å². The van der Waals surface area contributed by atoms with Crippen LogP contribution in [0.5, 0.6) is 5.75 Å². The van der Waals surface area contributed by atoms with Gasteiger partial charge >= 0.3 is 0 Å². The maximum atomic E-state index is 9.86. The van der Waals surface area contributed by atoms with E-state index in [-0.39, 0.29) is 0 Å². The van der Waals surface area contributed by atoms with E-state index in [1.165, 1.54) is 0 Å². The lowest BCUT2D eigenvalue weighted by atomic mass is 10.2. The Morgan fingerprint density at radius 3 is 2.47 bits per heavy atom. The number of aromatic nitrogens is 1. The third-order valence-corrected chi connectivity index (χ3v) is 3.04. The Balaban J connectivity index is 2.79. The van der Waals surface area contributed by atoms with Gasteiger partial charge in [-0.15, -0.1) is 0 Å². The molecule has 0 fully saturated rings. The van der Waals surface area contributed by atoms with Crippen LogP contribution in [0.25, 0.3) is 10.9 Å². The Labute approximate surface area is 102 Å². The summed E-state index contributed by atoms with van der Waals surface area (Å²) in [5, 5.41) is 10.9. The molecule has 17 heavy (non-hydrogen) atoms. The lowest BCUT2D eigenvalue weighted by Crippen LogP contribution is -2.07. The Morgan fingerprint density at radius 1 is 1.24 bits per heavy atom. The van der Waals surface area contributed by atoms with Crippen LogP contribution in [0.2, 0.25) is 0 Å². The van der Waals surface area contributed by atoms with Crippen LogP contribution in [0.1, 0.15) is 38.6 Å². The van der Waals surface area contributed by atoms with Crippen molar-refractivity contribution in [1.82, 2.24) is 4.57 Å². The van der Waals surface area contributed by atoms with Crippen molar-refractivity contribution in [3.63, 3.8) is 0 Å². The maximum Gasteiger partial charge on any atom is 0.128 e. The van der Waals surface area contributed by atoms with Crippen LogP contribution in [-0.2, 0) is 0 Å². The molecule has 3 nitrogen and oxygen atoms in total. The average Bonchev–Trinajstić information content (AvgIpc) is 2.67. The van der Waals surface area contributed by atoms with Gasteiger partial charge in [0.25, 0.3) is 0 Å². The van der Waals surface area contributed by atoms with E-state index in [1.807, 2.05) is 18.2 Å². The predicted octanol–water partition coefficient (Wildman–Crippen LogP) is 3.28. The van der Waals surface area contributed by atoms with Gasteiger partial charge in [0.05, 0.1) is 18.7 Å². The first-order valence-electron chi connectivity index (χ1n) is 5.92. The van der Waals surface area contributed by atoms with Gasteiger partial charge < -0.3 is 14.4 Å². The second kappa shape index (κ2) is 4.41. The second-order valence-electron chi connectivity index (χ2n) is 4.60. The first-order chi connectivity index (χ1) is 8.06. The number of benzene rings is 1. The van der Waals surface area contributed by atoms with E-state index >= 15 is 0 Å². The van der Waals surface area contributed by atoms with E-state index in [0.29, 0.717) is 6.04 Å². The zero-order valence-corrected chi connectivity index (χ0v) is 10.8. The van der Waals surface area contributed by atoms with Gasteiger partial charge in [0, 0.05) is 17.1 Å². The number of aliphatic hydroxyl groups excluding tert-OH is 1. The van der Waals surface area contributed by atoms with Gasteiger partial charge in [-0.2, -0.15) is 0 Å². The summed E-state index contributed by atoms with van der Waals surface area (Å²) in [4.78, 5) is 0. The van der Waals surface area contributed by atoms with Gasteiger partial charge in [-0.1, -0.05) is 6.07 Å². The molecule has 1 unspecified atom stereocenters. The fraction of sp³-hybridized carbons (Fsp3) is 0.429. The highest BCUT2D eigenvalue weighted by atomic mass is 16.5. The molecule has 1 atom stereocenters. The third kappa shape index (κ3) is 1.91. The fourth-order valence-electron chi connectivity index (χ4n) is 2.32. The van der Waals surface area contributed by atoms with Crippen LogP contribution in [0.15, 0.2) is 24.3 Å². The second-order valence-corrected chi connectivity index (χ2v) is 4.60. The number of aliphatic hydroxyl groups is 1. The largest absolute Gasteiger partial charge is 0.496 e. The van der Waals surface area contributed by atoms with Gasteiger partial charge in [0.2, 0.25) is 0 Å². The Bertz CT molecular complexity index is 526. The van der Waals surface area contributed by atoms with Crippen LogP contribution < -0.4 is 4.74 Å². The highest BCUT2D eigenvalue weighted by Crippen LogP contribution is 2.33. The first kappa shape index (κ1) is 12.0. The smallest absolute Gasteiger partial charge is 0.128 e. The molecule has 1 N–H and O–H groups in total. The van der Waals surface area contributed by atoms with E-state index in [9.17, 15) is 5.11 Å². The number of fused-ring (bicyclic) bond motifs is 1. The lowest BCUT2D eigenvalue weighted by Gasteiger charge is -2.16. The van der Waals surface area contributed by atoms with Gasteiger partial charge in [-0.3, -0.25) is 0 Å². The van der Waals surface area contributed by atoms with E-state index in [4.69, 9.17) is 4.74 Å². The van der Waals surface area contributed by atoms with Crippen molar-refractivity contribution >= 4 is 10.9 Å². The number of hydrogen-bond donors (Lipinski definition) is 1. The third-order valence-electron chi connectivity index (χ3n) is 3.04. The Kier molecular flexibility index (Phi) is 3.11. The van der Waals surface area contributed by atoms with Crippen molar-refractivity contribution in [3.05, 3.63) is 30.0 Å². The summed E-state index contributed by atoms with van der Waals surface area (Å²) in [6.07, 6.45) is -0.477. The topological polar surface area (TPSA) is 34.4 Å². The number of hydrogen-bond acceptors (Lipinski definition) is 2. The molecule has 0 aliphatic carbocycles. The van der Waals surface area contributed by atoms with E-state index in [2.05, 4.69) is 24.5 Å². The van der Waals surface area contributed by atoms with Crippen molar-refractivity contribution in [2.24, 2.45) is 0 Å². The zero-order chi connectivity index (χ0) is 12.6. The van der Waals surface area contributed by atoms with Gasteiger partial charge in [-0.05, 0) is 39.0 Å². The summed E-state index contributed by atoms with van der Waals surface area (Å²) >= 11 is 0. The van der Waals surface area contributed by atoms with Crippen molar-refractivity contribution in [3.8, 4) is 5.75 Å². The summed E-state index contributed by atoms with van der Waals surface area (Å²) in [5.41, 5.74) is 2.04. The number of ether oxygens (including phenoxy) is 1. The fourth-order valence-corrected chi connectivity index (χ4v) is 2.32. The van der Waals surface area contributed by atoms with Crippen molar-refractivity contribution in [2.45, 2.75) is 32.9 Å². The predicted molar refractivity (Wildman–Crippen MR) is 69.5 cm³/mol. The summed E-state index contributed by atoms with van der Waals surface area (Å²) in [5.74, 6) is 0.851. The molecule has 0 saturated carbocycles. The minimum Gasteiger partial charge on any atom is -0.496 e. The summed E-state index contributed by atoms with van der Waals surface area (Å²) < 4.78 is 7.52. The zero-order valence-electron chi connectivity index (χ0n) is 10.8. The first-order valence-corrected chi connectivity index (χ1v) is 5.92. The lowest BCUT2D eigenvalue weighted by molar-refractivity contribution is 0.188. The minimum absolute atomic E-state index is 0.309. The number of nitrogens with zero attached hydrogens (tertiary/aromatic N) is 1. The molecular formula is C14H19NO2. The van der Waals surface area contributed by atoms with Crippen molar-refractivity contribution in [2.75, 3.05) is 7.11 Å². The van der Waals surface area contributed by atoms with Crippen LogP contribution in [0.4, 0.5) is 0 Å². The minimum atomic E-state index is -0.477. The summed E-state index contributed by atoms with van der Waals surface area (Å²) in [6, 6.07) is 8.30. The molecule has 0 amide bonds. The molecule has 0 radical (unpaired) electrons. The highest BCUT2D eigenvalue weighted by Gasteiger charge is 2.16. The molecule has 0 bridgehead atoms. The molecule has 2 rings (SSSR count). The summed E-state index contributed by atoms with van der Waals surface area (Å²) in [6.45, 7) is 6.02. The average molecular weight is 233 g/mol. The maximum absolute atomic E-state index is 9.86. The van der Waals surface area contributed by atoms with Gasteiger partial charge in [0.1, 0.15) is 5.75 Å². The molecule has 1 heterocycles. The van der Waals surface area contributed by atoms with Crippen LogP contribution in [0, 0.1) is 0 Å². The molecule has 92 valence electrons. The monoisotopic (exact) mass is 233 g/mol. The molecular weight excluding hydrogens is 214 g/mol. The normalized spacial score (nSPS) is 13.3. The Hall–Kier alpha value is -1.48. The molecule has 3 heteroatoms. The van der Waals surface area contributed by atoms with Crippen molar-refractivity contribution < 1.29 is 9.84 Å². The highest BCUT2D eigenvalue weighted by molar-refractivity contribution is 5.87. The van der Waals surface area contributed by atoms with Crippen LogP contribution >= 0.6 is 0 Å². The molecule has 0 aliphatic rings. The SMILES string of the molecule is COc1cccc2c1cc(C(C)O)n2C(C)C. The van der Waals surface area contributed by atoms with E-state index in [0.717, 1.165) is 22.3 Å². The Morgan fingerprint density at radius 2 is 1.94 bits per heavy atom. The van der Waals surface area contributed by atoms with Crippen LogP contribution in [-0.4, -0.2) is 16.8 Å². The quantitative estimate of drug-likeness (QED) is 0.882. The van der Waals surface area contributed by atoms with Gasteiger partial charge in [-0.25, -0.2) is 0 Å². The molecule has 1 aromatic carbocycles. The van der Waals surface area contributed by atoms with Crippen molar-refractivity contribution in [1.29, 1.82) is 0 Å². The number of rotatable bonds is 3. The molecule has 1 aromatic heterocycles. The molecule has 0 spiro atoms. The standard InChI is InChI=1S/C14H19NO2/c1-9(2)15-12-6-5-7-14(17-4)11(12)8-13(15)10(3)16/h5-10,16H,1-4H3. The van der Waals surface area contributed by atoms with E-state index in [1.54, 1.807) is 14.0 Å². The molecule has 0 saturated heterocycles.